The molecule has 0 aromatic heterocycles. The van der Waals surface area contributed by atoms with Crippen LogP contribution in [0.1, 0.15) is 32.3 Å². The van der Waals surface area contributed by atoms with Gasteiger partial charge in [0.05, 0.1) is 10.4 Å². The molecule has 0 aliphatic carbocycles. The van der Waals surface area contributed by atoms with Gasteiger partial charge in [0.2, 0.25) is 10.0 Å². The Balaban J connectivity index is 2.06. The SMILES string of the molecule is COC1([C@@]2(C)[C@H](C)CCN2S(=O)(=O)c2ccc(C)cc2)SCCCS1. The van der Waals surface area contributed by atoms with E-state index in [0.717, 1.165) is 29.9 Å². The predicted molar refractivity (Wildman–Crippen MR) is 107 cm³/mol. The van der Waals surface area contributed by atoms with Crippen LogP contribution in [0.3, 0.4) is 0 Å². The number of thioether (sulfide) groups is 2. The molecule has 0 N–H and O–H groups in total. The number of hydrogen-bond donors (Lipinski definition) is 0. The van der Waals surface area contributed by atoms with E-state index in [2.05, 4.69) is 13.8 Å². The van der Waals surface area contributed by atoms with Crippen LogP contribution in [-0.2, 0) is 14.8 Å². The summed E-state index contributed by atoms with van der Waals surface area (Å²) in [6, 6.07) is 7.16. The first-order valence-electron chi connectivity index (χ1n) is 8.70. The van der Waals surface area contributed by atoms with Crippen molar-refractivity contribution < 1.29 is 13.2 Å². The Morgan fingerprint density at radius 3 is 2.36 bits per heavy atom. The summed E-state index contributed by atoms with van der Waals surface area (Å²) in [6.45, 7) is 6.74. The molecule has 2 heterocycles. The molecule has 0 spiro atoms. The van der Waals surface area contributed by atoms with E-state index >= 15 is 0 Å². The van der Waals surface area contributed by atoms with Gasteiger partial charge in [-0.3, -0.25) is 0 Å². The van der Waals surface area contributed by atoms with Gasteiger partial charge in [0.25, 0.3) is 0 Å². The van der Waals surface area contributed by atoms with Crippen molar-refractivity contribution in [3.05, 3.63) is 29.8 Å². The maximum atomic E-state index is 13.5. The Morgan fingerprint density at radius 1 is 1.20 bits per heavy atom. The molecule has 0 bridgehead atoms. The third-order valence-corrected chi connectivity index (χ3v) is 11.2. The second-order valence-corrected chi connectivity index (χ2v) is 11.7. The zero-order valence-corrected chi connectivity index (χ0v) is 17.8. The molecule has 0 unspecified atom stereocenters. The van der Waals surface area contributed by atoms with Crippen LogP contribution in [0.5, 0.6) is 0 Å². The molecule has 2 aliphatic heterocycles. The highest BCUT2D eigenvalue weighted by atomic mass is 32.2. The molecule has 0 amide bonds. The molecule has 0 radical (unpaired) electrons. The van der Waals surface area contributed by atoms with Gasteiger partial charge in [-0.1, -0.05) is 24.6 Å². The minimum Gasteiger partial charge on any atom is -0.356 e. The Hall–Kier alpha value is -0.210. The van der Waals surface area contributed by atoms with Crippen LogP contribution >= 0.6 is 23.5 Å². The number of sulfonamides is 1. The first kappa shape index (κ1) is 19.5. The van der Waals surface area contributed by atoms with Crippen molar-refractivity contribution in [1.29, 1.82) is 0 Å². The average molecular weight is 402 g/mol. The van der Waals surface area contributed by atoms with Gasteiger partial charge >= 0.3 is 0 Å². The second-order valence-electron chi connectivity index (χ2n) is 7.04. The summed E-state index contributed by atoms with van der Waals surface area (Å²) in [5, 5.41) is 0. The van der Waals surface area contributed by atoms with Crippen LogP contribution in [-0.4, -0.2) is 47.7 Å². The Labute approximate surface area is 160 Å². The average Bonchev–Trinajstić information content (AvgIpc) is 2.93. The Morgan fingerprint density at radius 2 is 1.80 bits per heavy atom. The van der Waals surface area contributed by atoms with Crippen molar-refractivity contribution in [2.45, 2.75) is 48.3 Å². The number of nitrogens with zero attached hydrogens (tertiary/aromatic N) is 1. The van der Waals surface area contributed by atoms with Gasteiger partial charge in [-0.05, 0) is 56.2 Å². The molecule has 2 fully saturated rings. The molecule has 0 saturated carbocycles. The van der Waals surface area contributed by atoms with Gasteiger partial charge < -0.3 is 4.74 Å². The third kappa shape index (κ3) is 3.06. The van der Waals surface area contributed by atoms with Crippen molar-refractivity contribution in [1.82, 2.24) is 4.31 Å². The smallest absolute Gasteiger partial charge is 0.243 e. The summed E-state index contributed by atoms with van der Waals surface area (Å²) in [4.78, 5) is 0.371. The molecule has 25 heavy (non-hydrogen) atoms. The highest BCUT2D eigenvalue weighted by Gasteiger charge is 2.62. The van der Waals surface area contributed by atoms with E-state index < -0.39 is 19.8 Å². The van der Waals surface area contributed by atoms with Crippen molar-refractivity contribution >= 4 is 33.5 Å². The molecular formula is C18H27NO3S3. The van der Waals surface area contributed by atoms with E-state index in [1.54, 1.807) is 47.1 Å². The summed E-state index contributed by atoms with van der Waals surface area (Å²) < 4.78 is 34.1. The van der Waals surface area contributed by atoms with Crippen LogP contribution in [0, 0.1) is 12.8 Å². The highest BCUT2D eigenvalue weighted by molar-refractivity contribution is 8.18. The van der Waals surface area contributed by atoms with Gasteiger partial charge in [0.15, 0.2) is 4.27 Å². The molecule has 140 valence electrons. The topological polar surface area (TPSA) is 46.6 Å². The number of benzene rings is 1. The summed E-state index contributed by atoms with van der Waals surface area (Å²) in [5.41, 5.74) is 0.476. The van der Waals surface area contributed by atoms with Crippen LogP contribution in [0.25, 0.3) is 0 Å². The Bertz CT molecular complexity index is 714. The maximum Gasteiger partial charge on any atom is 0.243 e. The van der Waals surface area contributed by atoms with Gasteiger partial charge in [-0.25, -0.2) is 8.42 Å². The van der Waals surface area contributed by atoms with Crippen molar-refractivity contribution in [2.75, 3.05) is 25.2 Å². The number of methoxy groups -OCH3 is 1. The van der Waals surface area contributed by atoms with E-state index in [1.165, 1.54) is 0 Å². The fourth-order valence-corrected chi connectivity index (χ4v) is 9.44. The lowest BCUT2D eigenvalue weighted by molar-refractivity contribution is 0.0199. The molecule has 1 aromatic rings. The Kier molecular flexibility index (Phi) is 5.53. The summed E-state index contributed by atoms with van der Waals surface area (Å²) in [7, 11) is -1.85. The van der Waals surface area contributed by atoms with E-state index in [1.807, 2.05) is 19.1 Å². The third-order valence-electron chi connectivity index (χ3n) is 5.61. The zero-order valence-electron chi connectivity index (χ0n) is 15.3. The van der Waals surface area contributed by atoms with Crippen LogP contribution < -0.4 is 0 Å². The van der Waals surface area contributed by atoms with Gasteiger partial charge in [0, 0.05) is 13.7 Å². The van der Waals surface area contributed by atoms with Crippen LogP contribution in [0.4, 0.5) is 0 Å². The van der Waals surface area contributed by atoms with Gasteiger partial charge in [-0.2, -0.15) is 4.31 Å². The lowest BCUT2D eigenvalue weighted by Gasteiger charge is -2.52. The zero-order chi connectivity index (χ0) is 18.3. The highest BCUT2D eigenvalue weighted by Crippen LogP contribution is 2.58. The quantitative estimate of drug-likeness (QED) is 0.764. The fraction of sp³-hybridized carbons (Fsp3) is 0.667. The molecular weight excluding hydrogens is 374 g/mol. The second kappa shape index (κ2) is 7.08. The summed E-state index contributed by atoms with van der Waals surface area (Å²) in [5.74, 6) is 2.23. The summed E-state index contributed by atoms with van der Waals surface area (Å²) >= 11 is 3.53. The van der Waals surface area contributed by atoms with Gasteiger partial charge in [0.1, 0.15) is 0 Å². The summed E-state index contributed by atoms with van der Waals surface area (Å²) in [6.07, 6.45) is 1.99. The molecule has 2 aliphatic rings. The van der Waals surface area contributed by atoms with E-state index in [9.17, 15) is 8.42 Å². The van der Waals surface area contributed by atoms with E-state index in [4.69, 9.17) is 4.74 Å². The van der Waals surface area contributed by atoms with Crippen molar-refractivity contribution in [3.63, 3.8) is 0 Å². The lowest BCUT2D eigenvalue weighted by atomic mass is 9.89. The minimum atomic E-state index is -3.57. The molecule has 4 nitrogen and oxygen atoms in total. The van der Waals surface area contributed by atoms with Crippen LogP contribution in [0.15, 0.2) is 29.2 Å². The molecule has 3 rings (SSSR count). The van der Waals surface area contributed by atoms with E-state index in [-0.39, 0.29) is 5.92 Å². The molecule has 7 heteroatoms. The van der Waals surface area contributed by atoms with Gasteiger partial charge in [-0.15, -0.1) is 23.5 Å². The molecule has 2 atom stereocenters. The minimum absolute atomic E-state index is 0.228. The monoisotopic (exact) mass is 401 g/mol. The van der Waals surface area contributed by atoms with Crippen LogP contribution in [0.2, 0.25) is 0 Å². The van der Waals surface area contributed by atoms with Crippen molar-refractivity contribution in [3.8, 4) is 0 Å². The number of hydrogen-bond acceptors (Lipinski definition) is 5. The lowest BCUT2D eigenvalue weighted by Crippen LogP contribution is -2.62. The largest absolute Gasteiger partial charge is 0.356 e. The fourth-order valence-electron chi connectivity index (χ4n) is 3.86. The number of ether oxygens (including phenoxy) is 1. The predicted octanol–water partition coefficient (Wildman–Crippen LogP) is 3.95. The van der Waals surface area contributed by atoms with E-state index in [0.29, 0.717) is 11.4 Å². The maximum absolute atomic E-state index is 13.5. The number of aryl methyl sites for hydroxylation is 1. The first-order chi connectivity index (χ1) is 11.8. The normalized spacial score (nSPS) is 30.5. The molecule has 1 aromatic carbocycles. The van der Waals surface area contributed by atoms with Crippen molar-refractivity contribution in [2.24, 2.45) is 5.92 Å². The first-order valence-corrected chi connectivity index (χ1v) is 12.1. The standard InChI is InChI=1S/C18H27NO3S3/c1-14-6-8-16(9-7-14)25(20,21)19-11-10-15(2)17(19,3)18(22-4)23-12-5-13-24-18/h6-9,15H,5,10-13H2,1-4H3/t15-,17-/m1/s1. The molecule has 2 saturated heterocycles. The number of rotatable bonds is 4.